The van der Waals surface area contributed by atoms with Gasteiger partial charge in [0.15, 0.2) is 17.1 Å². The zero-order valence-electron chi connectivity index (χ0n) is 11.2. The van der Waals surface area contributed by atoms with Crippen LogP contribution in [0.4, 0.5) is 0 Å². The molecule has 1 aromatic rings. The predicted molar refractivity (Wildman–Crippen MR) is 73.1 cm³/mol. The van der Waals surface area contributed by atoms with Crippen molar-refractivity contribution in [1.82, 2.24) is 0 Å². The SMILES string of the molecule is Cc1ccc(C(=O)C2(O)CC(C(=O)O)=CC(O)=C2O)cc1. The van der Waals surface area contributed by atoms with Gasteiger partial charge in [0.05, 0.1) is 0 Å². The van der Waals surface area contributed by atoms with Gasteiger partial charge in [-0.25, -0.2) is 4.79 Å². The highest BCUT2D eigenvalue weighted by atomic mass is 16.4. The van der Waals surface area contributed by atoms with E-state index in [-0.39, 0.29) is 11.1 Å². The maximum atomic E-state index is 12.4. The number of rotatable bonds is 3. The molecule has 1 atom stereocenters. The Balaban J connectivity index is 2.46. The minimum Gasteiger partial charge on any atom is -0.506 e. The first-order chi connectivity index (χ1) is 9.75. The number of aliphatic carboxylic acids is 1. The highest BCUT2D eigenvalue weighted by Gasteiger charge is 2.46. The van der Waals surface area contributed by atoms with E-state index in [2.05, 4.69) is 0 Å². The Hall–Kier alpha value is -2.60. The van der Waals surface area contributed by atoms with Crippen LogP contribution in [-0.4, -0.2) is 37.8 Å². The van der Waals surface area contributed by atoms with E-state index in [4.69, 9.17) is 5.11 Å². The first kappa shape index (κ1) is 14.8. The molecular weight excluding hydrogens is 276 g/mol. The number of hydrogen-bond donors (Lipinski definition) is 4. The lowest BCUT2D eigenvalue weighted by atomic mass is 9.81. The second kappa shape index (κ2) is 5.06. The molecule has 0 fully saturated rings. The predicted octanol–water partition coefficient (Wildman–Crippen LogP) is 1.65. The zero-order valence-corrected chi connectivity index (χ0v) is 11.2. The molecule has 6 heteroatoms. The Kier molecular flexibility index (Phi) is 3.57. The molecule has 21 heavy (non-hydrogen) atoms. The average molecular weight is 290 g/mol. The molecule has 1 unspecified atom stereocenters. The number of carboxylic acids is 1. The smallest absolute Gasteiger partial charge is 0.331 e. The van der Waals surface area contributed by atoms with Crippen LogP contribution in [0.2, 0.25) is 0 Å². The number of allylic oxidation sites excluding steroid dienone is 1. The fourth-order valence-corrected chi connectivity index (χ4v) is 2.12. The van der Waals surface area contributed by atoms with Crippen molar-refractivity contribution in [3.05, 3.63) is 58.6 Å². The minimum absolute atomic E-state index is 0.106. The second-order valence-electron chi connectivity index (χ2n) is 4.94. The third-order valence-corrected chi connectivity index (χ3v) is 3.36. The molecule has 4 N–H and O–H groups in total. The summed E-state index contributed by atoms with van der Waals surface area (Å²) < 4.78 is 0. The molecule has 0 heterocycles. The van der Waals surface area contributed by atoms with Gasteiger partial charge in [-0.1, -0.05) is 29.8 Å². The number of aliphatic hydroxyl groups is 3. The first-order valence-corrected chi connectivity index (χ1v) is 6.16. The third kappa shape index (κ3) is 2.53. The van der Waals surface area contributed by atoms with E-state index in [1.54, 1.807) is 12.1 Å². The van der Waals surface area contributed by atoms with Crippen molar-refractivity contribution >= 4 is 11.8 Å². The summed E-state index contributed by atoms with van der Waals surface area (Å²) in [5.74, 6) is -4.04. The number of carboxylic acid groups (broad SMARTS) is 1. The Morgan fingerprint density at radius 1 is 1.14 bits per heavy atom. The van der Waals surface area contributed by atoms with Crippen molar-refractivity contribution in [2.45, 2.75) is 18.9 Å². The van der Waals surface area contributed by atoms with Gasteiger partial charge in [0.1, 0.15) is 0 Å². The number of Topliss-reactive ketones (excluding diaryl/α,β-unsaturated/α-hetero) is 1. The largest absolute Gasteiger partial charge is 0.506 e. The summed E-state index contributed by atoms with van der Waals surface area (Å²) in [6.07, 6.45) is 0.194. The van der Waals surface area contributed by atoms with Gasteiger partial charge in [0, 0.05) is 17.6 Å². The van der Waals surface area contributed by atoms with Crippen LogP contribution in [0.25, 0.3) is 0 Å². The Morgan fingerprint density at radius 2 is 1.71 bits per heavy atom. The van der Waals surface area contributed by atoms with Crippen LogP contribution in [0, 0.1) is 6.92 Å². The molecular formula is C15H14O6. The molecule has 0 spiro atoms. The van der Waals surface area contributed by atoms with E-state index in [1.807, 2.05) is 6.92 Å². The lowest BCUT2D eigenvalue weighted by molar-refractivity contribution is -0.133. The number of carbonyl (C=O) groups is 2. The molecule has 0 amide bonds. The molecule has 1 aliphatic rings. The van der Waals surface area contributed by atoms with Gasteiger partial charge >= 0.3 is 5.97 Å². The van der Waals surface area contributed by atoms with Crippen molar-refractivity contribution in [3.63, 3.8) is 0 Å². The highest BCUT2D eigenvalue weighted by Crippen LogP contribution is 2.34. The van der Waals surface area contributed by atoms with Crippen molar-refractivity contribution in [2.24, 2.45) is 0 Å². The number of carbonyl (C=O) groups excluding carboxylic acids is 1. The first-order valence-electron chi connectivity index (χ1n) is 6.16. The Morgan fingerprint density at radius 3 is 2.24 bits per heavy atom. The number of ketones is 1. The maximum absolute atomic E-state index is 12.4. The molecule has 0 saturated heterocycles. The van der Waals surface area contributed by atoms with Crippen LogP contribution in [0.15, 0.2) is 47.4 Å². The lowest BCUT2D eigenvalue weighted by Gasteiger charge is -2.29. The van der Waals surface area contributed by atoms with E-state index < -0.39 is 35.3 Å². The lowest BCUT2D eigenvalue weighted by Crippen LogP contribution is -2.44. The standard InChI is InChI=1S/C15H14O6/c1-8-2-4-9(5-3-8)12(17)15(21)7-10(14(19)20)6-11(16)13(15)18/h2-6,16,18,21H,7H2,1H3,(H,19,20). The van der Waals surface area contributed by atoms with Gasteiger partial charge in [-0.15, -0.1) is 0 Å². The summed E-state index contributed by atoms with van der Waals surface area (Å²) in [7, 11) is 0. The molecule has 1 aliphatic carbocycles. The van der Waals surface area contributed by atoms with Crippen LogP contribution in [0.3, 0.4) is 0 Å². The average Bonchev–Trinajstić information content (AvgIpc) is 2.44. The monoisotopic (exact) mass is 290 g/mol. The van der Waals surface area contributed by atoms with Crippen molar-refractivity contribution < 1.29 is 30.0 Å². The van der Waals surface area contributed by atoms with E-state index in [1.165, 1.54) is 12.1 Å². The van der Waals surface area contributed by atoms with Gasteiger partial charge in [0.2, 0.25) is 5.78 Å². The number of aryl methyl sites for hydroxylation is 1. The Labute approximate surface area is 120 Å². The van der Waals surface area contributed by atoms with E-state index in [0.717, 1.165) is 11.6 Å². The summed E-state index contributed by atoms with van der Waals surface area (Å²) in [5, 5.41) is 38.7. The summed E-state index contributed by atoms with van der Waals surface area (Å²) in [6.45, 7) is 1.82. The summed E-state index contributed by atoms with van der Waals surface area (Å²) in [5.41, 5.74) is -1.85. The molecule has 6 nitrogen and oxygen atoms in total. The summed E-state index contributed by atoms with van der Waals surface area (Å²) in [6, 6.07) is 6.21. The summed E-state index contributed by atoms with van der Waals surface area (Å²) >= 11 is 0. The topological polar surface area (TPSA) is 115 Å². The third-order valence-electron chi connectivity index (χ3n) is 3.36. The van der Waals surface area contributed by atoms with Crippen molar-refractivity contribution in [2.75, 3.05) is 0 Å². The fourth-order valence-electron chi connectivity index (χ4n) is 2.12. The van der Waals surface area contributed by atoms with Crippen LogP contribution in [0.5, 0.6) is 0 Å². The molecule has 2 rings (SSSR count). The van der Waals surface area contributed by atoms with Crippen LogP contribution >= 0.6 is 0 Å². The number of hydrogen-bond acceptors (Lipinski definition) is 5. The molecule has 110 valence electrons. The van der Waals surface area contributed by atoms with Gasteiger partial charge < -0.3 is 20.4 Å². The van der Waals surface area contributed by atoms with Crippen LogP contribution in [-0.2, 0) is 4.79 Å². The second-order valence-corrected chi connectivity index (χ2v) is 4.94. The Bertz CT molecular complexity index is 668. The normalized spacial score (nSPS) is 21.9. The van der Waals surface area contributed by atoms with Gasteiger partial charge in [0.25, 0.3) is 0 Å². The van der Waals surface area contributed by atoms with E-state index >= 15 is 0 Å². The number of benzene rings is 1. The van der Waals surface area contributed by atoms with Gasteiger partial charge in [-0.3, -0.25) is 4.79 Å². The molecule has 0 bridgehead atoms. The summed E-state index contributed by atoms with van der Waals surface area (Å²) in [4.78, 5) is 23.4. The zero-order chi connectivity index (χ0) is 15.8. The van der Waals surface area contributed by atoms with E-state index in [0.29, 0.717) is 0 Å². The van der Waals surface area contributed by atoms with Crippen molar-refractivity contribution in [3.8, 4) is 0 Å². The molecule has 1 aromatic carbocycles. The molecule has 0 radical (unpaired) electrons. The molecule has 0 saturated carbocycles. The van der Waals surface area contributed by atoms with Gasteiger partial charge in [-0.05, 0) is 13.0 Å². The minimum atomic E-state index is -2.48. The quantitative estimate of drug-likeness (QED) is 0.629. The fraction of sp³-hybridized carbons (Fsp3) is 0.200. The van der Waals surface area contributed by atoms with Crippen LogP contribution in [0.1, 0.15) is 22.3 Å². The molecule has 0 aromatic heterocycles. The van der Waals surface area contributed by atoms with Gasteiger partial charge in [-0.2, -0.15) is 0 Å². The number of aliphatic hydroxyl groups excluding tert-OH is 2. The van der Waals surface area contributed by atoms with E-state index in [9.17, 15) is 24.9 Å². The maximum Gasteiger partial charge on any atom is 0.331 e. The molecule has 0 aliphatic heterocycles. The highest BCUT2D eigenvalue weighted by molar-refractivity contribution is 6.06. The van der Waals surface area contributed by atoms with Crippen LogP contribution < -0.4 is 0 Å². The van der Waals surface area contributed by atoms with Crippen molar-refractivity contribution in [1.29, 1.82) is 0 Å².